The number of nitrogens with two attached hydrogens (primary N) is 1. The van der Waals surface area contributed by atoms with Gasteiger partial charge in [-0.25, -0.2) is 5.84 Å². The molecule has 110 valence electrons. The van der Waals surface area contributed by atoms with Crippen LogP contribution in [0, 0.1) is 0 Å². The Morgan fingerprint density at radius 1 is 1.19 bits per heavy atom. The number of carbonyl (C=O) groups is 1. The molecule has 2 aromatic rings. The Balaban J connectivity index is 1.70. The lowest BCUT2D eigenvalue weighted by Crippen LogP contribution is -2.32. The zero-order valence-electron chi connectivity index (χ0n) is 11.8. The second-order valence-electron chi connectivity index (χ2n) is 5.28. The number of fused-ring (bicyclic) bond motifs is 1. The predicted octanol–water partition coefficient (Wildman–Crippen LogP) is 1.48. The molecular formula is C16H19N3O2. The van der Waals surface area contributed by atoms with Gasteiger partial charge in [-0.2, -0.15) is 0 Å². The summed E-state index contributed by atoms with van der Waals surface area (Å²) in [5.74, 6) is 5.55. The van der Waals surface area contributed by atoms with Crippen LogP contribution in [0.4, 0.5) is 0 Å². The molecule has 5 nitrogen and oxygen atoms in total. The van der Waals surface area contributed by atoms with Gasteiger partial charge in [-0.3, -0.25) is 15.1 Å². The van der Waals surface area contributed by atoms with Crippen LogP contribution >= 0.6 is 0 Å². The third kappa shape index (κ3) is 2.99. The van der Waals surface area contributed by atoms with E-state index in [1.165, 1.54) is 17.4 Å². The molecule has 0 bridgehead atoms. The van der Waals surface area contributed by atoms with E-state index >= 15 is 0 Å². The Kier molecular flexibility index (Phi) is 4.03. The normalized spacial score (nSPS) is 15.3. The summed E-state index contributed by atoms with van der Waals surface area (Å²) in [6.07, 6.45) is 3.58. The third-order valence-corrected chi connectivity index (χ3v) is 4.00. The number of hydrogen-bond acceptors (Lipinski definition) is 4. The van der Waals surface area contributed by atoms with Gasteiger partial charge in [0.15, 0.2) is 0 Å². The van der Waals surface area contributed by atoms with Crippen LogP contribution in [0.2, 0.25) is 0 Å². The van der Waals surface area contributed by atoms with Crippen molar-refractivity contribution in [1.82, 2.24) is 10.3 Å². The van der Waals surface area contributed by atoms with Crippen molar-refractivity contribution < 1.29 is 9.21 Å². The SMILES string of the molecule is NNC(=O)c1ccoc1CN1CCc2ccccc2CC1. The highest BCUT2D eigenvalue weighted by Crippen LogP contribution is 2.19. The molecule has 0 radical (unpaired) electrons. The van der Waals surface area contributed by atoms with Crippen molar-refractivity contribution in [3.8, 4) is 0 Å². The van der Waals surface area contributed by atoms with E-state index in [1.807, 2.05) is 0 Å². The number of hydrazine groups is 1. The number of nitrogens with one attached hydrogen (secondary N) is 1. The largest absolute Gasteiger partial charge is 0.467 e. The van der Waals surface area contributed by atoms with Crippen molar-refractivity contribution in [2.45, 2.75) is 19.4 Å². The fraction of sp³-hybridized carbons (Fsp3) is 0.312. The van der Waals surface area contributed by atoms with E-state index in [4.69, 9.17) is 10.3 Å². The first-order valence-electron chi connectivity index (χ1n) is 7.14. The van der Waals surface area contributed by atoms with Crippen LogP contribution in [-0.4, -0.2) is 23.9 Å². The molecule has 0 aliphatic carbocycles. The average Bonchev–Trinajstić information content (AvgIpc) is 2.88. The van der Waals surface area contributed by atoms with Crippen LogP contribution < -0.4 is 11.3 Å². The van der Waals surface area contributed by atoms with Crippen molar-refractivity contribution in [3.63, 3.8) is 0 Å². The van der Waals surface area contributed by atoms with E-state index in [2.05, 4.69) is 34.6 Å². The number of carbonyl (C=O) groups excluding carboxylic acids is 1. The summed E-state index contributed by atoms with van der Waals surface area (Å²) in [7, 11) is 0. The molecule has 0 saturated carbocycles. The molecule has 0 saturated heterocycles. The molecule has 1 amide bonds. The van der Waals surface area contributed by atoms with Crippen LogP contribution in [0.5, 0.6) is 0 Å². The number of benzene rings is 1. The van der Waals surface area contributed by atoms with E-state index in [1.54, 1.807) is 6.07 Å². The maximum atomic E-state index is 11.7. The summed E-state index contributed by atoms with van der Waals surface area (Å²) in [5.41, 5.74) is 5.50. The number of furan rings is 1. The standard InChI is InChI=1S/C16H19N3O2/c17-18-16(20)14-7-10-21-15(14)11-19-8-5-12-3-1-2-4-13(12)6-9-19/h1-4,7,10H,5-6,8-9,11,17H2,(H,18,20). The fourth-order valence-corrected chi connectivity index (χ4v) is 2.82. The second-order valence-corrected chi connectivity index (χ2v) is 5.28. The van der Waals surface area contributed by atoms with E-state index in [0.717, 1.165) is 25.9 Å². The van der Waals surface area contributed by atoms with Crippen molar-refractivity contribution in [2.75, 3.05) is 13.1 Å². The van der Waals surface area contributed by atoms with Gasteiger partial charge in [0, 0.05) is 13.1 Å². The van der Waals surface area contributed by atoms with Gasteiger partial charge in [0.1, 0.15) is 5.76 Å². The molecule has 5 heteroatoms. The number of nitrogen functional groups attached to an aromatic ring is 1. The van der Waals surface area contributed by atoms with E-state index in [0.29, 0.717) is 17.9 Å². The minimum absolute atomic E-state index is 0.308. The highest BCUT2D eigenvalue weighted by Gasteiger charge is 2.19. The third-order valence-electron chi connectivity index (χ3n) is 4.00. The van der Waals surface area contributed by atoms with Crippen LogP contribution in [0.3, 0.4) is 0 Å². The van der Waals surface area contributed by atoms with Gasteiger partial charge in [-0.05, 0) is 30.0 Å². The minimum Gasteiger partial charge on any atom is -0.467 e. The maximum absolute atomic E-state index is 11.7. The highest BCUT2D eigenvalue weighted by atomic mass is 16.3. The molecule has 21 heavy (non-hydrogen) atoms. The Bertz CT molecular complexity index is 609. The lowest BCUT2D eigenvalue weighted by Gasteiger charge is -2.18. The molecule has 2 heterocycles. The van der Waals surface area contributed by atoms with E-state index in [9.17, 15) is 4.79 Å². The van der Waals surface area contributed by atoms with Gasteiger partial charge in [0.05, 0.1) is 18.4 Å². The fourth-order valence-electron chi connectivity index (χ4n) is 2.82. The summed E-state index contributed by atoms with van der Waals surface area (Å²) in [5, 5.41) is 0. The summed E-state index contributed by atoms with van der Waals surface area (Å²) >= 11 is 0. The van der Waals surface area contributed by atoms with Gasteiger partial charge in [0.2, 0.25) is 0 Å². The van der Waals surface area contributed by atoms with Gasteiger partial charge in [-0.1, -0.05) is 24.3 Å². The van der Waals surface area contributed by atoms with Crippen molar-refractivity contribution in [3.05, 3.63) is 59.0 Å². The molecular weight excluding hydrogens is 266 g/mol. The van der Waals surface area contributed by atoms with Gasteiger partial charge in [-0.15, -0.1) is 0 Å². The Morgan fingerprint density at radius 3 is 2.48 bits per heavy atom. The zero-order chi connectivity index (χ0) is 14.7. The second kappa shape index (κ2) is 6.11. The molecule has 3 rings (SSSR count). The molecule has 3 N–H and O–H groups in total. The molecule has 1 aliphatic rings. The molecule has 1 aromatic heterocycles. The van der Waals surface area contributed by atoms with E-state index < -0.39 is 0 Å². The zero-order valence-corrected chi connectivity index (χ0v) is 11.8. The Morgan fingerprint density at radius 2 is 1.86 bits per heavy atom. The van der Waals surface area contributed by atoms with Crippen LogP contribution in [0.25, 0.3) is 0 Å². The Hall–Kier alpha value is -2.11. The summed E-state index contributed by atoms with van der Waals surface area (Å²) in [6.45, 7) is 2.55. The molecule has 1 aliphatic heterocycles. The Labute approximate surface area is 123 Å². The first kappa shape index (κ1) is 13.9. The van der Waals surface area contributed by atoms with Gasteiger partial charge < -0.3 is 4.42 Å². The lowest BCUT2D eigenvalue weighted by molar-refractivity contribution is 0.0950. The number of amides is 1. The predicted molar refractivity (Wildman–Crippen MR) is 79.5 cm³/mol. The molecule has 0 unspecified atom stereocenters. The number of nitrogens with zero attached hydrogens (tertiary/aromatic N) is 1. The van der Waals surface area contributed by atoms with Crippen molar-refractivity contribution in [2.24, 2.45) is 5.84 Å². The lowest BCUT2D eigenvalue weighted by atomic mass is 10.0. The highest BCUT2D eigenvalue weighted by molar-refractivity contribution is 5.94. The smallest absolute Gasteiger partial charge is 0.268 e. The van der Waals surface area contributed by atoms with E-state index in [-0.39, 0.29) is 5.91 Å². The minimum atomic E-state index is -0.308. The molecule has 0 spiro atoms. The first-order chi connectivity index (χ1) is 10.3. The topological polar surface area (TPSA) is 71.5 Å². The van der Waals surface area contributed by atoms with Gasteiger partial charge in [0.25, 0.3) is 5.91 Å². The maximum Gasteiger partial charge on any atom is 0.268 e. The monoisotopic (exact) mass is 285 g/mol. The summed E-state index contributed by atoms with van der Waals surface area (Å²) in [4.78, 5) is 14.0. The van der Waals surface area contributed by atoms with Gasteiger partial charge >= 0.3 is 0 Å². The number of hydrogen-bond donors (Lipinski definition) is 2. The van der Waals surface area contributed by atoms with Crippen LogP contribution in [-0.2, 0) is 19.4 Å². The quantitative estimate of drug-likeness (QED) is 0.509. The summed E-state index contributed by atoms with van der Waals surface area (Å²) < 4.78 is 5.45. The van der Waals surface area contributed by atoms with Crippen molar-refractivity contribution in [1.29, 1.82) is 0 Å². The molecule has 1 aromatic carbocycles. The average molecular weight is 285 g/mol. The van der Waals surface area contributed by atoms with Crippen LogP contribution in [0.1, 0.15) is 27.2 Å². The molecule has 0 fully saturated rings. The summed E-state index contributed by atoms with van der Waals surface area (Å²) in [6, 6.07) is 10.2. The van der Waals surface area contributed by atoms with Crippen LogP contribution in [0.15, 0.2) is 41.0 Å². The van der Waals surface area contributed by atoms with Crippen molar-refractivity contribution >= 4 is 5.91 Å². The molecule has 0 atom stereocenters. The number of rotatable bonds is 3. The first-order valence-corrected chi connectivity index (χ1v) is 7.14.